The Kier molecular flexibility index (Phi) is 33.8. The van der Waals surface area contributed by atoms with Gasteiger partial charge < -0.3 is 21.4 Å². The van der Waals surface area contributed by atoms with Crippen LogP contribution >= 0.6 is 0 Å². The Morgan fingerprint density at radius 1 is 0.938 bits per heavy atom. The third kappa shape index (κ3) is 18.8. The summed E-state index contributed by atoms with van der Waals surface area (Å²) in [5.41, 5.74) is 0. The molecular weight excluding hydrogens is 256 g/mol. The first-order valence-electron chi connectivity index (χ1n) is 3.20. The molecule has 0 aromatic carbocycles. The monoisotopic (exact) mass is 270 g/mol. The van der Waals surface area contributed by atoms with Crippen molar-refractivity contribution in [3.8, 4) is 0 Å². The fourth-order valence-electron chi connectivity index (χ4n) is 0.566. The molecule has 0 saturated carbocycles. The first-order valence-corrected chi connectivity index (χ1v) is 3.20. The molecule has 2 amide bonds. The van der Waals surface area contributed by atoms with Crippen LogP contribution in [-0.2, 0) is 14.4 Å². The molecule has 0 bridgehead atoms. The van der Waals surface area contributed by atoms with Crippen LogP contribution < -0.4 is 129 Å². The van der Waals surface area contributed by atoms with Gasteiger partial charge in [-0.15, -0.1) is 0 Å². The van der Waals surface area contributed by atoms with Crippen LogP contribution in [0, 0.1) is 0 Å². The number of carboxylic acid groups (broad SMARTS) is 1. The van der Waals surface area contributed by atoms with Gasteiger partial charge in [-0.05, 0) is 0 Å². The van der Waals surface area contributed by atoms with Crippen LogP contribution in [0.5, 0.6) is 0 Å². The van der Waals surface area contributed by atoms with Gasteiger partial charge in [0.25, 0.3) is 0 Å². The number of carboxylic acids is 1. The first-order chi connectivity index (χ1) is 5.43. The summed E-state index contributed by atoms with van der Waals surface area (Å²) in [6, 6.07) is 0. The second-order valence-electron chi connectivity index (χ2n) is 2.17. The van der Waals surface area contributed by atoms with E-state index in [1.807, 2.05) is 10.6 Å². The minimum Gasteiger partial charge on any atom is -1.00 e. The fourth-order valence-corrected chi connectivity index (χ4v) is 0.566. The SMILES string of the molecule is CC(=O)NC(NC(C)=O)C(=O)O.[H-].[H-].[H-].[H-].[Na+].[Na+].[Na+].[Na+]. The van der Waals surface area contributed by atoms with Crippen molar-refractivity contribution in [2.45, 2.75) is 20.0 Å². The molecule has 0 aromatic rings. The van der Waals surface area contributed by atoms with Gasteiger partial charge in [0.2, 0.25) is 18.0 Å². The molecule has 0 aromatic heterocycles. The van der Waals surface area contributed by atoms with Crippen molar-refractivity contribution in [2.75, 3.05) is 0 Å². The summed E-state index contributed by atoms with van der Waals surface area (Å²) in [6.45, 7) is 2.33. The summed E-state index contributed by atoms with van der Waals surface area (Å²) >= 11 is 0. The number of hydrogen-bond donors (Lipinski definition) is 3. The number of hydrogen-bond acceptors (Lipinski definition) is 3. The molecule has 10 heteroatoms. The van der Waals surface area contributed by atoms with Gasteiger partial charge in [-0.3, -0.25) is 9.59 Å². The third-order valence-electron chi connectivity index (χ3n) is 0.942. The molecule has 0 fully saturated rings. The maximum atomic E-state index is 10.4. The van der Waals surface area contributed by atoms with E-state index in [-0.39, 0.29) is 124 Å². The largest absolute Gasteiger partial charge is 1.00 e. The Labute approximate surface area is 189 Å². The number of amides is 2. The average molecular weight is 270 g/mol. The summed E-state index contributed by atoms with van der Waals surface area (Å²) in [5.74, 6) is -2.34. The number of carbonyl (C=O) groups is 3. The quantitative estimate of drug-likeness (QED) is 0.350. The zero-order chi connectivity index (χ0) is 9.72. The zero-order valence-electron chi connectivity index (χ0n) is 14.7. The van der Waals surface area contributed by atoms with Crippen LogP contribution in [0.25, 0.3) is 0 Å². The van der Waals surface area contributed by atoms with Crippen molar-refractivity contribution in [3.63, 3.8) is 0 Å². The van der Waals surface area contributed by atoms with Gasteiger partial charge in [-0.2, -0.15) is 0 Å². The van der Waals surface area contributed by atoms with Crippen LogP contribution in [0.2, 0.25) is 0 Å². The number of carbonyl (C=O) groups excluding carboxylic acids is 2. The first kappa shape index (κ1) is 31.0. The molecular formula is C6H14N2Na4O4. The van der Waals surface area contributed by atoms with Crippen LogP contribution in [-0.4, -0.2) is 29.1 Å². The molecule has 3 N–H and O–H groups in total. The predicted octanol–water partition coefficient (Wildman–Crippen LogP) is -12.9. The van der Waals surface area contributed by atoms with Gasteiger partial charge in [0.15, 0.2) is 0 Å². The minimum atomic E-state index is -1.35. The van der Waals surface area contributed by atoms with E-state index in [1.54, 1.807) is 0 Å². The molecule has 0 saturated heterocycles. The van der Waals surface area contributed by atoms with Crippen molar-refractivity contribution < 1.29 is 143 Å². The standard InChI is InChI=1S/C6H10N2O4.4Na.4H/c1-3(9)7-5(6(11)12)8-4(2)10;;;;;;;;/h5H,1-2H3,(H,7,9)(H,8,10)(H,11,12);;;;;;;;/q;4*+1;4*-1. The van der Waals surface area contributed by atoms with E-state index in [1.165, 1.54) is 0 Å². The molecule has 16 heavy (non-hydrogen) atoms. The molecule has 6 nitrogen and oxygen atoms in total. The fraction of sp³-hybridized carbons (Fsp3) is 0.500. The average Bonchev–Trinajstić information content (AvgIpc) is 1.83. The van der Waals surface area contributed by atoms with Gasteiger partial charge in [-0.1, -0.05) is 0 Å². The van der Waals surface area contributed by atoms with Crippen molar-refractivity contribution in [2.24, 2.45) is 0 Å². The van der Waals surface area contributed by atoms with Crippen LogP contribution in [0.1, 0.15) is 19.6 Å². The number of rotatable bonds is 3. The molecule has 0 rings (SSSR count). The maximum absolute atomic E-state index is 10.4. The minimum absolute atomic E-state index is 0. The van der Waals surface area contributed by atoms with Crippen LogP contribution in [0.3, 0.4) is 0 Å². The second kappa shape index (κ2) is 17.4. The van der Waals surface area contributed by atoms with Gasteiger partial charge in [0.05, 0.1) is 0 Å². The summed E-state index contributed by atoms with van der Waals surface area (Å²) in [7, 11) is 0. The van der Waals surface area contributed by atoms with E-state index >= 15 is 0 Å². The Morgan fingerprint density at radius 3 is 1.31 bits per heavy atom. The summed E-state index contributed by atoms with van der Waals surface area (Å²) in [4.78, 5) is 31.2. The molecule has 0 aliphatic heterocycles. The smallest absolute Gasteiger partial charge is 1.00 e. The third-order valence-corrected chi connectivity index (χ3v) is 0.942. The zero-order valence-corrected chi connectivity index (χ0v) is 18.7. The van der Waals surface area contributed by atoms with E-state index in [0.29, 0.717) is 0 Å². The van der Waals surface area contributed by atoms with Gasteiger partial charge in [0, 0.05) is 13.8 Å². The Morgan fingerprint density at radius 2 is 1.19 bits per heavy atom. The summed E-state index contributed by atoms with van der Waals surface area (Å²) in [6.07, 6.45) is -1.35. The van der Waals surface area contributed by atoms with E-state index in [9.17, 15) is 14.4 Å². The van der Waals surface area contributed by atoms with Crippen molar-refractivity contribution in [1.82, 2.24) is 10.6 Å². The van der Waals surface area contributed by atoms with E-state index < -0.39 is 23.9 Å². The number of nitrogens with one attached hydrogen (secondary N) is 2. The van der Waals surface area contributed by atoms with Gasteiger partial charge in [-0.25, -0.2) is 4.79 Å². The predicted molar refractivity (Wildman–Crippen MR) is 43.5 cm³/mol. The van der Waals surface area contributed by atoms with Crippen molar-refractivity contribution >= 4 is 17.8 Å². The Bertz CT molecular complexity index is 225. The van der Waals surface area contributed by atoms with Crippen molar-refractivity contribution in [1.29, 1.82) is 0 Å². The molecule has 0 spiro atoms. The van der Waals surface area contributed by atoms with Crippen LogP contribution in [0.4, 0.5) is 0 Å². The van der Waals surface area contributed by atoms with Crippen molar-refractivity contribution in [3.05, 3.63) is 0 Å². The number of aliphatic carboxylic acids is 1. The summed E-state index contributed by atoms with van der Waals surface area (Å²) in [5, 5.41) is 12.5. The van der Waals surface area contributed by atoms with Crippen LogP contribution in [0.15, 0.2) is 0 Å². The normalized spacial score (nSPS) is 6.94. The van der Waals surface area contributed by atoms with E-state index in [2.05, 4.69) is 0 Å². The molecule has 0 atom stereocenters. The molecule has 0 heterocycles. The molecule has 0 aliphatic carbocycles. The van der Waals surface area contributed by atoms with E-state index in [4.69, 9.17) is 5.11 Å². The maximum Gasteiger partial charge on any atom is 1.00 e. The second-order valence-corrected chi connectivity index (χ2v) is 2.17. The topological polar surface area (TPSA) is 95.5 Å². The molecule has 0 unspecified atom stereocenters. The van der Waals surface area contributed by atoms with E-state index in [0.717, 1.165) is 13.8 Å². The molecule has 76 valence electrons. The summed E-state index contributed by atoms with van der Waals surface area (Å²) < 4.78 is 0. The van der Waals surface area contributed by atoms with Gasteiger partial charge in [0.1, 0.15) is 0 Å². The molecule has 0 aliphatic rings. The Balaban J connectivity index is -0.0000000216. The molecule has 0 radical (unpaired) electrons. The Hall–Kier alpha value is 2.41. The van der Waals surface area contributed by atoms with Gasteiger partial charge >= 0.3 is 124 Å².